The molecule has 2 N–H and O–H groups in total. The number of hydrogen-bond donors (Lipinski definition) is 2. The van der Waals surface area contributed by atoms with Crippen LogP contribution in [0.1, 0.15) is 33.1 Å². The second-order valence-electron chi connectivity index (χ2n) is 7.54. The highest BCUT2D eigenvalue weighted by molar-refractivity contribution is 5.82. The number of nitrogens with zero attached hydrogens (tertiary/aromatic N) is 1. The molecule has 120 valence electrons. The smallest absolute Gasteiger partial charge is 0.223 e. The van der Waals surface area contributed by atoms with E-state index in [1.165, 1.54) is 12.8 Å². The van der Waals surface area contributed by atoms with E-state index in [-0.39, 0.29) is 17.4 Å². The summed E-state index contributed by atoms with van der Waals surface area (Å²) in [5.41, 5.74) is 0.286. The van der Waals surface area contributed by atoms with Gasteiger partial charge in [0.1, 0.15) is 0 Å². The molecule has 1 atom stereocenters. The van der Waals surface area contributed by atoms with Crippen molar-refractivity contribution in [2.45, 2.75) is 38.7 Å². The molecule has 1 unspecified atom stereocenters. The summed E-state index contributed by atoms with van der Waals surface area (Å²) in [6, 6.07) is 0. The highest BCUT2D eigenvalue weighted by atomic mass is 16.5. The predicted octanol–water partition coefficient (Wildman–Crippen LogP) is 0.603. The first-order valence-corrected chi connectivity index (χ1v) is 8.36. The summed E-state index contributed by atoms with van der Waals surface area (Å²) in [5, 5.41) is 6.53. The minimum absolute atomic E-state index is 0.0576. The number of rotatable bonds is 4. The Morgan fingerprint density at radius 3 is 2.86 bits per heavy atom. The van der Waals surface area contributed by atoms with Crippen LogP contribution in [0.4, 0.5) is 0 Å². The number of nitrogens with one attached hydrogen (secondary N) is 2. The molecule has 0 aromatic rings. The van der Waals surface area contributed by atoms with Gasteiger partial charge in [0.25, 0.3) is 0 Å². The summed E-state index contributed by atoms with van der Waals surface area (Å²) in [7, 11) is 0. The van der Waals surface area contributed by atoms with E-state index >= 15 is 0 Å². The molecule has 5 heteroatoms. The zero-order chi connectivity index (χ0) is 14.9. The van der Waals surface area contributed by atoms with Crippen LogP contribution in [0.3, 0.4) is 0 Å². The molecule has 0 bridgehead atoms. The van der Waals surface area contributed by atoms with Gasteiger partial charge in [-0.3, -0.25) is 9.69 Å². The van der Waals surface area contributed by atoms with Crippen LogP contribution in [0, 0.1) is 11.3 Å². The van der Waals surface area contributed by atoms with Crippen molar-refractivity contribution in [3.63, 3.8) is 0 Å². The molecule has 0 aromatic carbocycles. The molecule has 2 heterocycles. The van der Waals surface area contributed by atoms with E-state index in [2.05, 4.69) is 29.4 Å². The highest BCUT2D eigenvalue weighted by Crippen LogP contribution is 2.58. The minimum Gasteiger partial charge on any atom is -0.373 e. The summed E-state index contributed by atoms with van der Waals surface area (Å²) in [6.45, 7) is 10.8. The molecule has 1 saturated carbocycles. The zero-order valence-corrected chi connectivity index (χ0v) is 13.4. The fraction of sp³-hybridized carbons (Fsp3) is 0.938. The standard InChI is InChI=1S/C16H29N3O2/c1-15(2)12-19(9-10-21-15)8-7-18-14(20)13-11-16(13)3-5-17-6-4-16/h13,17H,3-12H2,1-2H3,(H,18,20). The normalized spacial score (nSPS) is 31.0. The van der Waals surface area contributed by atoms with Crippen molar-refractivity contribution >= 4 is 5.91 Å². The summed E-state index contributed by atoms with van der Waals surface area (Å²) in [6.07, 6.45) is 3.44. The lowest BCUT2D eigenvalue weighted by Crippen LogP contribution is -2.50. The number of hydrogen-bond acceptors (Lipinski definition) is 4. The van der Waals surface area contributed by atoms with Crippen molar-refractivity contribution in [3.05, 3.63) is 0 Å². The molecule has 1 amide bonds. The second-order valence-corrected chi connectivity index (χ2v) is 7.54. The molecule has 21 heavy (non-hydrogen) atoms. The largest absolute Gasteiger partial charge is 0.373 e. The Morgan fingerprint density at radius 2 is 2.14 bits per heavy atom. The Kier molecular flexibility index (Phi) is 4.26. The monoisotopic (exact) mass is 295 g/mol. The fourth-order valence-corrected chi connectivity index (χ4v) is 3.96. The number of ether oxygens (including phenoxy) is 1. The maximum Gasteiger partial charge on any atom is 0.223 e. The van der Waals surface area contributed by atoms with Crippen molar-refractivity contribution in [2.24, 2.45) is 11.3 Å². The van der Waals surface area contributed by atoms with Gasteiger partial charge < -0.3 is 15.4 Å². The molecule has 3 fully saturated rings. The molecule has 0 radical (unpaired) electrons. The number of carbonyl (C=O) groups excluding carboxylic acids is 1. The van der Waals surface area contributed by atoms with Crippen molar-refractivity contribution in [3.8, 4) is 0 Å². The Labute approximate surface area is 127 Å². The maximum atomic E-state index is 12.3. The second kappa shape index (κ2) is 5.86. The lowest BCUT2D eigenvalue weighted by Gasteiger charge is -2.38. The van der Waals surface area contributed by atoms with E-state index in [1.54, 1.807) is 0 Å². The van der Waals surface area contributed by atoms with Gasteiger partial charge in [0.05, 0.1) is 12.2 Å². The lowest BCUT2D eigenvalue weighted by molar-refractivity contribution is -0.123. The minimum atomic E-state index is -0.0576. The van der Waals surface area contributed by atoms with Gasteiger partial charge in [0.15, 0.2) is 0 Å². The van der Waals surface area contributed by atoms with Crippen LogP contribution in [-0.2, 0) is 9.53 Å². The SMILES string of the molecule is CC1(C)CN(CCNC(=O)C2CC23CCNCC3)CCO1. The van der Waals surface area contributed by atoms with E-state index in [0.717, 1.165) is 52.3 Å². The molecule has 2 saturated heterocycles. The average molecular weight is 295 g/mol. The van der Waals surface area contributed by atoms with Crippen LogP contribution in [0.5, 0.6) is 0 Å². The Balaban J connectivity index is 1.37. The van der Waals surface area contributed by atoms with E-state index in [9.17, 15) is 4.79 Å². The van der Waals surface area contributed by atoms with Crippen molar-refractivity contribution in [2.75, 3.05) is 45.9 Å². The van der Waals surface area contributed by atoms with Gasteiger partial charge in [-0.25, -0.2) is 0 Å². The Morgan fingerprint density at radius 1 is 1.38 bits per heavy atom. The summed E-state index contributed by atoms with van der Waals surface area (Å²) >= 11 is 0. The first kappa shape index (κ1) is 15.3. The molecule has 0 aromatic heterocycles. The van der Waals surface area contributed by atoms with Crippen LogP contribution < -0.4 is 10.6 Å². The Hall–Kier alpha value is -0.650. The van der Waals surface area contributed by atoms with Gasteiger partial charge in [-0.1, -0.05) is 0 Å². The molecule has 3 rings (SSSR count). The predicted molar refractivity (Wildman–Crippen MR) is 82.1 cm³/mol. The van der Waals surface area contributed by atoms with Gasteiger partial charge in [-0.15, -0.1) is 0 Å². The summed E-state index contributed by atoms with van der Waals surface area (Å²) in [5.74, 6) is 0.560. The van der Waals surface area contributed by atoms with Gasteiger partial charge >= 0.3 is 0 Å². The number of amides is 1. The summed E-state index contributed by atoms with van der Waals surface area (Å²) in [4.78, 5) is 14.7. The van der Waals surface area contributed by atoms with Gasteiger partial charge in [-0.2, -0.15) is 0 Å². The molecule has 3 aliphatic rings. The van der Waals surface area contributed by atoms with Crippen LogP contribution >= 0.6 is 0 Å². The molecule has 1 spiro atoms. The third-order valence-corrected chi connectivity index (χ3v) is 5.34. The molecule has 1 aliphatic carbocycles. The Bertz CT molecular complexity index is 391. The van der Waals surface area contributed by atoms with Crippen molar-refractivity contribution < 1.29 is 9.53 Å². The maximum absolute atomic E-state index is 12.3. The van der Waals surface area contributed by atoms with Crippen LogP contribution in [0.15, 0.2) is 0 Å². The average Bonchev–Trinajstić information content (AvgIpc) is 3.12. The van der Waals surface area contributed by atoms with Crippen LogP contribution in [0.2, 0.25) is 0 Å². The number of carbonyl (C=O) groups is 1. The van der Waals surface area contributed by atoms with Crippen LogP contribution in [-0.4, -0.2) is 62.3 Å². The van der Waals surface area contributed by atoms with E-state index < -0.39 is 0 Å². The van der Waals surface area contributed by atoms with E-state index in [1.807, 2.05) is 0 Å². The topological polar surface area (TPSA) is 53.6 Å². The highest BCUT2D eigenvalue weighted by Gasteiger charge is 2.57. The first-order chi connectivity index (χ1) is 10.0. The molecule has 2 aliphatic heterocycles. The molecular formula is C16H29N3O2. The van der Waals surface area contributed by atoms with Crippen molar-refractivity contribution in [1.29, 1.82) is 0 Å². The van der Waals surface area contributed by atoms with Gasteiger partial charge in [-0.05, 0) is 51.6 Å². The van der Waals surface area contributed by atoms with Crippen LogP contribution in [0.25, 0.3) is 0 Å². The van der Waals surface area contributed by atoms with Gasteiger partial charge in [0, 0.05) is 32.1 Å². The third kappa shape index (κ3) is 3.58. The number of morpholine rings is 1. The fourth-order valence-electron chi connectivity index (χ4n) is 3.96. The quantitative estimate of drug-likeness (QED) is 0.798. The van der Waals surface area contributed by atoms with Crippen molar-refractivity contribution in [1.82, 2.24) is 15.5 Å². The first-order valence-electron chi connectivity index (χ1n) is 8.36. The van der Waals surface area contributed by atoms with Gasteiger partial charge in [0.2, 0.25) is 5.91 Å². The zero-order valence-electron chi connectivity index (χ0n) is 13.4. The number of piperidine rings is 1. The molecular weight excluding hydrogens is 266 g/mol. The summed E-state index contributed by atoms with van der Waals surface area (Å²) < 4.78 is 5.71. The lowest BCUT2D eigenvalue weighted by atomic mass is 9.92. The molecule has 5 nitrogen and oxygen atoms in total. The van der Waals surface area contributed by atoms with E-state index in [0.29, 0.717) is 5.41 Å². The van der Waals surface area contributed by atoms with E-state index in [4.69, 9.17) is 4.74 Å². The third-order valence-electron chi connectivity index (χ3n) is 5.34.